The first-order valence-corrected chi connectivity index (χ1v) is 7.27. The van der Waals surface area contributed by atoms with Crippen molar-refractivity contribution in [1.82, 2.24) is 9.78 Å². The van der Waals surface area contributed by atoms with Crippen LogP contribution in [0.2, 0.25) is 0 Å². The monoisotopic (exact) mass is 311 g/mol. The molecule has 0 atom stereocenters. The van der Waals surface area contributed by atoms with Crippen LogP contribution in [0.4, 0.5) is 5.69 Å². The number of phenolic OH excluding ortho intramolecular Hbond substituents is 1. The Labute approximate surface area is 120 Å². The molecule has 0 radical (unpaired) electrons. The number of anilines is 1. The zero-order valence-electron chi connectivity index (χ0n) is 11.0. The van der Waals surface area contributed by atoms with E-state index >= 15 is 0 Å². The number of rotatable bonds is 5. The van der Waals surface area contributed by atoms with Crippen LogP contribution in [-0.4, -0.2) is 41.4 Å². The molecule has 0 aliphatic rings. The minimum absolute atomic E-state index is 0.0267. The topological polar surface area (TPSA) is 113 Å². The van der Waals surface area contributed by atoms with Crippen LogP contribution in [0.5, 0.6) is 5.75 Å². The predicted octanol–water partition coefficient (Wildman–Crippen LogP) is 0.498. The van der Waals surface area contributed by atoms with Gasteiger partial charge in [-0.05, 0) is 24.3 Å². The predicted molar refractivity (Wildman–Crippen MR) is 73.6 cm³/mol. The smallest absolute Gasteiger partial charge is 0.325 e. The highest BCUT2D eigenvalue weighted by Gasteiger charge is 2.23. The van der Waals surface area contributed by atoms with Crippen molar-refractivity contribution in [3.8, 4) is 5.75 Å². The van der Waals surface area contributed by atoms with Crippen LogP contribution in [-0.2, 0) is 21.4 Å². The van der Waals surface area contributed by atoms with Crippen LogP contribution in [0.3, 0.4) is 0 Å². The summed E-state index contributed by atoms with van der Waals surface area (Å²) >= 11 is 0. The Hall–Kier alpha value is -2.55. The maximum absolute atomic E-state index is 12.4. The van der Waals surface area contributed by atoms with E-state index in [0.717, 1.165) is 21.4 Å². The first-order valence-electron chi connectivity index (χ1n) is 5.83. The Bertz CT molecular complexity index is 751. The van der Waals surface area contributed by atoms with E-state index in [1.807, 2.05) is 0 Å². The van der Waals surface area contributed by atoms with Crippen LogP contribution in [0.25, 0.3) is 0 Å². The van der Waals surface area contributed by atoms with Gasteiger partial charge in [-0.25, -0.2) is 8.42 Å². The molecule has 112 valence electrons. The number of aromatic nitrogens is 2. The molecule has 2 rings (SSSR count). The fourth-order valence-corrected chi connectivity index (χ4v) is 2.81. The molecule has 2 N–H and O–H groups in total. The molecule has 0 spiro atoms. The second-order valence-electron chi connectivity index (χ2n) is 4.26. The molecule has 1 heterocycles. The molecule has 1 aromatic heterocycles. The fourth-order valence-electron chi connectivity index (χ4n) is 1.66. The number of carbonyl (C=O) groups is 1. The van der Waals surface area contributed by atoms with Crippen molar-refractivity contribution in [2.75, 3.05) is 11.4 Å². The van der Waals surface area contributed by atoms with Gasteiger partial charge >= 0.3 is 5.97 Å². The third-order valence-electron chi connectivity index (χ3n) is 2.78. The van der Waals surface area contributed by atoms with Crippen molar-refractivity contribution in [3.63, 3.8) is 0 Å². The van der Waals surface area contributed by atoms with Gasteiger partial charge < -0.3 is 10.2 Å². The highest BCUT2D eigenvalue weighted by Crippen LogP contribution is 2.23. The lowest BCUT2D eigenvalue weighted by atomic mass is 10.3. The van der Waals surface area contributed by atoms with Crippen molar-refractivity contribution in [1.29, 1.82) is 0 Å². The van der Waals surface area contributed by atoms with E-state index in [-0.39, 0.29) is 10.6 Å². The van der Waals surface area contributed by atoms with E-state index in [4.69, 9.17) is 5.11 Å². The van der Waals surface area contributed by atoms with Gasteiger partial charge in [-0.15, -0.1) is 0 Å². The number of sulfonamides is 1. The van der Waals surface area contributed by atoms with Crippen LogP contribution in [0.15, 0.2) is 41.6 Å². The molecule has 0 fully saturated rings. The molecular weight excluding hydrogens is 298 g/mol. The summed E-state index contributed by atoms with van der Waals surface area (Å²) in [5, 5.41) is 21.6. The fraction of sp³-hybridized carbons (Fsp3) is 0.167. The molecule has 21 heavy (non-hydrogen) atoms. The van der Waals surface area contributed by atoms with Gasteiger partial charge in [-0.2, -0.15) is 5.10 Å². The summed E-state index contributed by atoms with van der Waals surface area (Å²) in [4.78, 5) is 10.5. The van der Waals surface area contributed by atoms with E-state index in [9.17, 15) is 18.3 Å². The Kier molecular flexibility index (Phi) is 3.85. The quantitative estimate of drug-likeness (QED) is 0.831. The van der Waals surface area contributed by atoms with Crippen molar-refractivity contribution < 1.29 is 23.4 Å². The number of nitrogens with zero attached hydrogens (tertiary/aromatic N) is 3. The first-order chi connectivity index (χ1) is 9.80. The standard InChI is InChI=1S/C12H13N3O5S/c1-14(9-2-4-10(16)5-3-9)21(19,20)11-6-13-15(7-11)8-12(17)18/h2-7,16H,8H2,1H3,(H,17,18). The zero-order chi connectivity index (χ0) is 15.6. The summed E-state index contributed by atoms with van der Waals surface area (Å²) in [7, 11) is -2.49. The lowest BCUT2D eigenvalue weighted by Crippen LogP contribution is -2.26. The molecule has 0 saturated heterocycles. The third-order valence-corrected chi connectivity index (χ3v) is 4.52. The molecule has 0 bridgehead atoms. The van der Waals surface area contributed by atoms with E-state index in [1.54, 1.807) is 0 Å². The van der Waals surface area contributed by atoms with Crippen molar-refractivity contribution in [2.24, 2.45) is 0 Å². The number of aromatic hydroxyl groups is 1. The van der Waals surface area contributed by atoms with Crippen LogP contribution < -0.4 is 4.31 Å². The number of aliphatic carboxylic acids is 1. The number of benzene rings is 1. The molecule has 0 amide bonds. The highest BCUT2D eigenvalue weighted by atomic mass is 32.2. The lowest BCUT2D eigenvalue weighted by Gasteiger charge is -2.18. The van der Waals surface area contributed by atoms with Gasteiger partial charge in [0.2, 0.25) is 0 Å². The average Bonchev–Trinajstić information content (AvgIpc) is 2.87. The van der Waals surface area contributed by atoms with E-state index in [1.165, 1.54) is 31.3 Å². The summed E-state index contributed by atoms with van der Waals surface area (Å²) in [5.41, 5.74) is 0.360. The molecule has 2 aromatic rings. The van der Waals surface area contributed by atoms with Crippen LogP contribution in [0.1, 0.15) is 0 Å². The maximum atomic E-state index is 12.4. The third kappa shape index (κ3) is 3.14. The Morgan fingerprint density at radius 1 is 1.33 bits per heavy atom. The second kappa shape index (κ2) is 5.44. The minimum atomic E-state index is -3.84. The second-order valence-corrected chi connectivity index (χ2v) is 6.23. The molecule has 0 aliphatic heterocycles. The summed E-state index contributed by atoms with van der Waals surface area (Å²) in [6, 6.07) is 5.65. The van der Waals surface area contributed by atoms with E-state index in [0.29, 0.717) is 5.69 Å². The number of hydrogen-bond acceptors (Lipinski definition) is 5. The van der Waals surface area contributed by atoms with Gasteiger partial charge in [-0.1, -0.05) is 0 Å². The average molecular weight is 311 g/mol. The molecule has 9 heteroatoms. The molecular formula is C12H13N3O5S. The van der Waals surface area contributed by atoms with E-state index < -0.39 is 22.5 Å². The maximum Gasteiger partial charge on any atom is 0.325 e. The van der Waals surface area contributed by atoms with Gasteiger partial charge in [0.1, 0.15) is 17.2 Å². The minimum Gasteiger partial charge on any atom is -0.508 e. The number of phenols is 1. The molecule has 0 aliphatic carbocycles. The van der Waals surface area contributed by atoms with Crippen LogP contribution in [0, 0.1) is 0 Å². The van der Waals surface area contributed by atoms with Gasteiger partial charge in [0.25, 0.3) is 10.0 Å². The molecule has 0 saturated carbocycles. The Balaban J connectivity index is 2.30. The molecule has 1 aromatic carbocycles. The lowest BCUT2D eigenvalue weighted by molar-refractivity contribution is -0.137. The van der Waals surface area contributed by atoms with Gasteiger partial charge in [-0.3, -0.25) is 13.8 Å². The Morgan fingerprint density at radius 2 is 1.95 bits per heavy atom. The van der Waals surface area contributed by atoms with Crippen molar-refractivity contribution in [2.45, 2.75) is 11.4 Å². The Morgan fingerprint density at radius 3 is 2.52 bits per heavy atom. The number of carboxylic acid groups (broad SMARTS) is 1. The largest absolute Gasteiger partial charge is 0.508 e. The number of carboxylic acids is 1. The SMILES string of the molecule is CN(c1ccc(O)cc1)S(=O)(=O)c1cnn(CC(=O)O)c1. The zero-order valence-corrected chi connectivity index (χ0v) is 11.9. The number of hydrogen-bond donors (Lipinski definition) is 2. The normalized spacial score (nSPS) is 11.3. The van der Waals surface area contributed by atoms with E-state index in [2.05, 4.69) is 5.10 Å². The summed E-state index contributed by atoms with van der Waals surface area (Å²) in [6.45, 7) is -0.418. The highest BCUT2D eigenvalue weighted by molar-refractivity contribution is 7.92. The first kappa shape index (κ1) is 14.9. The van der Waals surface area contributed by atoms with Gasteiger partial charge in [0.05, 0.1) is 11.9 Å². The van der Waals surface area contributed by atoms with Crippen molar-refractivity contribution in [3.05, 3.63) is 36.7 Å². The molecule has 0 unspecified atom stereocenters. The van der Waals surface area contributed by atoms with Crippen molar-refractivity contribution >= 4 is 21.7 Å². The van der Waals surface area contributed by atoms with Gasteiger partial charge in [0, 0.05) is 13.2 Å². The summed E-state index contributed by atoms with van der Waals surface area (Å²) in [5.74, 6) is -1.09. The van der Waals surface area contributed by atoms with Gasteiger partial charge in [0.15, 0.2) is 0 Å². The molecule has 8 nitrogen and oxygen atoms in total. The summed E-state index contributed by atoms with van der Waals surface area (Å²) < 4.78 is 26.8. The summed E-state index contributed by atoms with van der Waals surface area (Å²) in [6.07, 6.45) is 2.25. The van der Waals surface area contributed by atoms with Crippen LogP contribution >= 0.6 is 0 Å².